The molecule has 1 fully saturated rings. The fraction of sp³-hybridized carbons (Fsp3) is 1.00. The summed E-state index contributed by atoms with van der Waals surface area (Å²) in [6.45, 7) is 2.77. The molecule has 0 radical (unpaired) electrons. The van der Waals surface area contributed by atoms with Crippen LogP contribution in [0.15, 0.2) is 0 Å². The minimum atomic E-state index is -0.208. The van der Waals surface area contributed by atoms with Gasteiger partial charge in [-0.1, -0.05) is 6.92 Å². The van der Waals surface area contributed by atoms with Crippen LogP contribution in [0.3, 0.4) is 0 Å². The first-order chi connectivity index (χ1) is 2.77. The predicted molar refractivity (Wildman–Crippen MR) is 23.2 cm³/mol. The average molecular weight is 87.1 g/mol. The molecular weight excluding hydrogens is 78.0 g/mol. The van der Waals surface area contributed by atoms with Gasteiger partial charge in [-0.05, 0) is 6.42 Å². The molecule has 6 heavy (non-hydrogen) atoms. The Labute approximate surface area is 37.3 Å². The van der Waals surface area contributed by atoms with Crippen molar-refractivity contribution in [3.8, 4) is 0 Å². The minimum Gasteiger partial charge on any atom is -0.354 e. The molecule has 2 heteroatoms. The Bertz CT molecular complexity index is 58.6. The van der Waals surface area contributed by atoms with Gasteiger partial charge in [-0.25, -0.2) is 0 Å². The highest BCUT2D eigenvalue weighted by Crippen LogP contribution is 2.22. The molecule has 2 N–H and O–H groups in total. The summed E-state index contributed by atoms with van der Waals surface area (Å²) in [6, 6.07) is 0. The lowest BCUT2D eigenvalue weighted by atomic mass is 10.3. The largest absolute Gasteiger partial charge is 0.354 e. The van der Waals surface area contributed by atoms with Crippen LogP contribution in [-0.2, 0) is 4.74 Å². The molecule has 0 aromatic rings. The summed E-state index contributed by atoms with van der Waals surface area (Å²) in [7, 11) is 0. The third-order valence-corrected chi connectivity index (χ3v) is 1.11. The normalized spacial score (nSPS) is 43.0. The van der Waals surface area contributed by atoms with E-state index in [0.717, 1.165) is 13.0 Å². The van der Waals surface area contributed by atoms with E-state index in [1.165, 1.54) is 0 Å². The molecule has 0 spiro atoms. The molecule has 1 heterocycles. The lowest BCUT2D eigenvalue weighted by Crippen LogP contribution is -2.21. The van der Waals surface area contributed by atoms with Crippen molar-refractivity contribution in [3.05, 3.63) is 0 Å². The van der Waals surface area contributed by atoms with Crippen LogP contribution < -0.4 is 5.73 Å². The smallest absolute Gasteiger partial charge is 0.140 e. The van der Waals surface area contributed by atoms with Crippen molar-refractivity contribution in [3.63, 3.8) is 0 Å². The second-order valence-electron chi connectivity index (χ2n) is 1.71. The van der Waals surface area contributed by atoms with Gasteiger partial charge in [-0.15, -0.1) is 0 Å². The Hall–Kier alpha value is -0.0800. The zero-order chi connectivity index (χ0) is 4.62. The van der Waals surface area contributed by atoms with E-state index in [1.54, 1.807) is 0 Å². The van der Waals surface area contributed by atoms with E-state index in [0.29, 0.717) is 0 Å². The Morgan fingerprint density at radius 3 is 2.50 bits per heavy atom. The molecule has 0 unspecified atom stereocenters. The number of hydrogen-bond acceptors (Lipinski definition) is 2. The van der Waals surface area contributed by atoms with Crippen molar-refractivity contribution in [2.75, 3.05) is 6.61 Å². The maximum absolute atomic E-state index is 5.42. The third-order valence-electron chi connectivity index (χ3n) is 1.11. The fourth-order valence-electron chi connectivity index (χ4n) is 0.297. The SMILES string of the molecule is CC[C@@]1(N)CO1. The molecule has 1 saturated heterocycles. The lowest BCUT2D eigenvalue weighted by Gasteiger charge is -1.93. The van der Waals surface area contributed by atoms with Gasteiger partial charge in [0.25, 0.3) is 0 Å². The highest BCUT2D eigenvalue weighted by atomic mass is 16.6. The monoisotopic (exact) mass is 87.1 g/mol. The molecule has 2 nitrogen and oxygen atoms in total. The van der Waals surface area contributed by atoms with Gasteiger partial charge in [0.1, 0.15) is 5.72 Å². The van der Waals surface area contributed by atoms with Gasteiger partial charge in [-0.2, -0.15) is 0 Å². The van der Waals surface area contributed by atoms with Gasteiger partial charge >= 0.3 is 0 Å². The van der Waals surface area contributed by atoms with E-state index >= 15 is 0 Å². The van der Waals surface area contributed by atoms with E-state index < -0.39 is 0 Å². The molecule has 0 aromatic carbocycles. The molecule has 1 rings (SSSR count). The van der Waals surface area contributed by atoms with Crippen molar-refractivity contribution >= 4 is 0 Å². The lowest BCUT2D eigenvalue weighted by molar-refractivity contribution is 0.304. The van der Waals surface area contributed by atoms with Gasteiger partial charge < -0.3 is 10.5 Å². The molecule has 0 aromatic heterocycles. The first kappa shape index (κ1) is 4.09. The van der Waals surface area contributed by atoms with Gasteiger partial charge in [0.15, 0.2) is 0 Å². The van der Waals surface area contributed by atoms with Crippen LogP contribution in [0.25, 0.3) is 0 Å². The van der Waals surface area contributed by atoms with Crippen LogP contribution in [0, 0.1) is 0 Å². The maximum Gasteiger partial charge on any atom is 0.140 e. The molecule has 0 aliphatic carbocycles. The predicted octanol–water partition coefficient (Wildman–Crippen LogP) is 0.0816. The molecular formula is C4H9NO. The zero-order valence-electron chi connectivity index (χ0n) is 3.90. The maximum atomic E-state index is 5.42. The molecule has 1 atom stereocenters. The van der Waals surface area contributed by atoms with E-state index in [2.05, 4.69) is 0 Å². The number of hydrogen-bond donors (Lipinski definition) is 1. The van der Waals surface area contributed by atoms with Crippen LogP contribution in [0.4, 0.5) is 0 Å². The molecule has 0 bridgehead atoms. The summed E-state index contributed by atoms with van der Waals surface area (Å²) < 4.78 is 4.82. The van der Waals surface area contributed by atoms with Crippen LogP contribution >= 0.6 is 0 Å². The number of nitrogens with two attached hydrogens (primary N) is 1. The van der Waals surface area contributed by atoms with Crippen LogP contribution in [-0.4, -0.2) is 12.3 Å². The quantitative estimate of drug-likeness (QED) is 0.460. The highest BCUT2D eigenvalue weighted by molar-refractivity contribution is 4.82. The minimum absolute atomic E-state index is 0.208. The zero-order valence-corrected chi connectivity index (χ0v) is 3.90. The molecule has 1 aliphatic heterocycles. The fourth-order valence-corrected chi connectivity index (χ4v) is 0.297. The highest BCUT2D eigenvalue weighted by Gasteiger charge is 2.37. The van der Waals surface area contributed by atoms with Crippen LogP contribution in [0.2, 0.25) is 0 Å². The molecule has 0 amide bonds. The Kier molecular flexibility index (Phi) is 0.648. The van der Waals surface area contributed by atoms with Gasteiger partial charge in [0.05, 0.1) is 6.61 Å². The summed E-state index contributed by atoms with van der Waals surface area (Å²) >= 11 is 0. The average Bonchev–Trinajstić information content (AvgIpc) is 2.22. The van der Waals surface area contributed by atoms with Crippen LogP contribution in [0.5, 0.6) is 0 Å². The first-order valence-corrected chi connectivity index (χ1v) is 2.20. The van der Waals surface area contributed by atoms with Crippen molar-refractivity contribution in [1.82, 2.24) is 0 Å². The van der Waals surface area contributed by atoms with Gasteiger partial charge in [-0.3, -0.25) is 0 Å². The first-order valence-electron chi connectivity index (χ1n) is 2.20. The van der Waals surface area contributed by atoms with Gasteiger partial charge in [0, 0.05) is 0 Å². The molecule has 0 saturated carbocycles. The summed E-state index contributed by atoms with van der Waals surface area (Å²) in [5, 5.41) is 0. The number of rotatable bonds is 1. The van der Waals surface area contributed by atoms with E-state index in [1.807, 2.05) is 6.92 Å². The standard InChI is InChI=1S/C4H9NO/c1-2-4(5)3-6-4/h2-3,5H2,1H3/t4-/m0/s1. The van der Waals surface area contributed by atoms with Crippen LogP contribution in [0.1, 0.15) is 13.3 Å². The molecule has 36 valence electrons. The summed E-state index contributed by atoms with van der Waals surface area (Å²) in [4.78, 5) is 0. The van der Waals surface area contributed by atoms with E-state index in [-0.39, 0.29) is 5.72 Å². The second-order valence-corrected chi connectivity index (χ2v) is 1.71. The Morgan fingerprint density at radius 2 is 2.50 bits per heavy atom. The van der Waals surface area contributed by atoms with Crippen molar-refractivity contribution in [1.29, 1.82) is 0 Å². The Balaban J connectivity index is 2.28. The topological polar surface area (TPSA) is 38.5 Å². The number of epoxide rings is 1. The molecule has 1 aliphatic rings. The van der Waals surface area contributed by atoms with Gasteiger partial charge in [0.2, 0.25) is 0 Å². The second kappa shape index (κ2) is 0.950. The van der Waals surface area contributed by atoms with Crippen molar-refractivity contribution in [2.45, 2.75) is 19.1 Å². The summed E-state index contributed by atoms with van der Waals surface area (Å²) in [6.07, 6.45) is 0.938. The summed E-state index contributed by atoms with van der Waals surface area (Å²) in [5.41, 5.74) is 5.22. The van der Waals surface area contributed by atoms with E-state index in [9.17, 15) is 0 Å². The van der Waals surface area contributed by atoms with Crippen molar-refractivity contribution in [2.24, 2.45) is 5.73 Å². The van der Waals surface area contributed by atoms with E-state index in [4.69, 9.17) is 10.5 Å². The van der Waals surface area contributed by atoms with Crippen molar-refractivity contribution < 1.29 is 4.74 Å². The summed E-state index contributed by atoms with van der Waals surface area (Å²) in [5.74, 6) is 0. The number of ether oxygens (including phenoxy) is 1. The third kappa shape index (κ3) is 0.533. The Morgan fingerprint density at radius 1 is 2.00 bits per heavy atom.